The Morgan fingerprint density at radius 3 is 2.25 bits per heavy atom. The third-order valence-electron chi connectivity index (χ3n) is 3.88. The molecule has 0 unspecified atom stereocenters. The predicted molar refractivity (Wildman–Crippen MR) is 88.8 cm³/mol. The van der Waals surface area contributed by atoms with Crippen LogP contribution in [0.5, 0.6) is 5.75 Å². The van der Waals surface area contributed by atoms with Crippen LogP contribution >= 0.6 is 0 Å². The molecule has 1 nitrogen and oxygen atoms in total. The van der Waals surface area contributed by atoms with Crippen LogP contribution in [0.3, 0.4) is 0 Å². The molecule has 0 aliphatic rings. The Bertz CT molecular complexity index is 368. The predicted octanol–water partition coefficient (Wildman–Crippen LogP) is 6.25. The van der Waals surface area contributed by atoms with Crippen molar-refractivity contribution in [2.75, 3.05) is 6.61 Å². The molecule has 0 atom stereocenters. The second kappa shape index (κ2) is 9.85. The molecular formula is C19H32O. The van der Waals surface area contributed by atoms with E-state index in [9.17, 15) is 0 Å². The van der Waals surface area contributed by atoms with E-state index in [1.54, 1.807) is 0 Å². The second-order valence-electron chi connectivity index (χ2n) is 6.15. The second-order valence-corrected chi connectivity index (χ2v) is 6.15. The van der Waals surface area contributed by atoms with E-state index in [4.69, 9.17) is 4.74 Å². The Balaban J connectivity index is 2.23. The van der Waals surface area contributed by atoms with Crippen LogP contribution in [0, 0.1) is 6.92 Å². The summed E-state index contributed by atoms with van der Waals surface area (Å²) in [5.74, 6) is 1.64. The zero-order valence-electron chi connectivity index (χ0n) is 13.9. The highest BCUT2D eigenvalue weighted by atomic mass is 16.5. The molecule has 0 fully saturated rings. The van der Waals surface area contributed by atoms with Gasteiger partial charge in [-0.15, -0.1) is 0 Å². The fourth-order valence-electron chi connectivity index (χ4n) is 2.37. The van der Waals surface area contributed by atoms with E-state index in [0.29, 0.717) is 5.92 Å². The maximum absolute atomic E-state index is 5.96. The van der Waals surface area contributed by atoms with Crippen LogP contribution in [-0.2, 0) is 0 Å². The van der Waals surface area contributed by atoms with Crippen molar-refractivity contribution < 1.29 is 4.74 Å². The van der Waals surface area contributed by atoms with E-state index in [-0.39, 0.29) is 0 Å². The fraction of sp³-hybridized carbons (Fsp3) is 0.684. The Morgan fingerprint density at radius 2 is 1.60 bits per heavy atom. The standard InChI is InChI=1S/C19H32O/c1-5-6-7-8-9-10-11-14-20-19-15-18(16(2)3)13-12-17(19)4/h12-13,15-16H,5-11,14H2,1-4H3. The Hall–Kier alpha value is -0.980. The molecule has 0 N–H and O–H groups in total. The van der Waals surface area contributed by atoms with Gasteiger partial charge in [0.2, 0.25) is 0 Å². The monoisotopic (exact) mass is 276 g/mol. The number of unbranched alkanes of at least 4 members (excludes halogenated alkanes) is 6. The highest BCUT2D eigenvalue weighted by molar-refractivity contribution is 5.37. The van der Waals surface area contributed by atoms with Crippen molar-refractivity contribution in [2.45, 2.75) is 78.6 Å². The summed E-state index contributed by atoms with van der Waals surface area (Å²) in [6, 6.07) is 6.59. The summed E-state index contributed by atoms with van der Waals surface area (Å²) in [4.78, 5) is 0. The van der Waals surface area contributed by atoms with Gasteiger partial charge in [0.1, 0.15) is 5.75 Å². The first-order valence-electron chi connectivity index (χ1n) is 8.38. The lowest BCUT2D eigenvalue weighted by Gasteiger charge is -2.12. The number of hydrogen-bond donors (Lipinski definition) is 0. The van der Waals surface area contributed by atoms with Crippen molar-refractivity contribution in [2.24, 2.45) is 0 Å². The van der Waals surface area contributed by atoms with Crippen LogP contribution < -0.4 is 4.74 Å². The van der Waals surface area contributed by atoms with Crippen LogP contribution in [0.15, 0.2) is 18.2 Å². The van der Waals surface area contributed by atoms with Crippen LogP contribution in [0.1, 0.15) is 82.8 Å². The van der Waals surface area contributed by atoms with Crippen molar-refractivity contribution >= 4 is 0 Å². The molecule has 0 aliphatic carbocycles. The molecule has 0 spiro atoms. The van der Waals surface area contributed by atoms with Crippen LogP contribution in [0.4, 0.5) is 0 Å². The van der Waals surface area contributed by atoms with Gasteiger partial charge >= 0.3 is 0 Å². The molecule has 0 aromatic heterocycles. The molecule has 0 bridgehead atoms. The molecule has 0 saturated carbocycles. The van der Waals surface area contributed by atoms with Gasteiger partial charge in [-0.25, -0.2) is 0 Å². The first kappa shape index (κ1) is 17.1. The summed E-state index contributed by atoms with van der Waals surface area (Å²) >= 11 is 0. The van der Waals surface area contributed by atoms with E-state index in [0.717, 1.165) is 12.4 Å². The van der Waals surface area contributed by atoms with Crippen molar-refractivity contribution in [1.82, 2.24) is 0 Å². The topological polar surface area (TPSA) is 9.23 Å². The molecule has 1 aromatic rings. The third-order valence-corrected chi connectivity index (χ3v) is 3.88. The maximum atomic E-state index is 5.96. The van der Waals surface area contributed by atoms with Gasteiger partial charge in [0.15, 0.2) is 0 Å². The number of benzene rings is 1. The lowest BCUT2D eigenvalue weighted by Crippen LogP contribution is -2.00. The van der Waals surface area contributed by atoms with Crippen molar-refractivity contribution in [3.63, 3.8) is 0 Å². The molecule has 1 heteroatoms. The van der Waals surface area contributed by atoms with Gasteiger partial charge < -0.3 is 4.74 Å². The normalized spacial score (nSPS) is 11.1. The Labute approximate surface area is 125 Å². The van der Waals surface area contributed by atoms with E-state index in [1.807, 2.05) is 0 Å². The average Bonchev–Trinajstić information content (AvgIpc) is 2.43. The van der Waals surface area contributed by atoms with Crippen molar-refractivity contribution in [3.05, 3.63) is 29.3 Å². The molecule has 1 rings (SSSR count). The van der Waals surface area contributed by atoms with Crippen LogP contribution in [0.2, 0.25) is 0 Å². The number of hydrogen-bond acceptors (Lipinski definition) is 1. The van der Waals surface area contributed by atoms with E-state index in [1.165, 1.54) is 56.1 Å². The lowest BCUT2D eigenvalue weighted by atomic mass is 10.0. The minimum atomic E-state index is 0.566. The SMILES string of the molecule is CCCCCCCCCOc1cc(C(C)C)ccc1C. The van der Waals surface area contributed by atoms with Gasteiger partial charge in [-0.2, -0.15) is 0 Å². The average molecular weight is 276 g/mol. The Kier molecular flexibility index (Phi) is 8.41. The number of ether oxygens (including phenoxy) is 1. The van der Waals surface area contributed by atoms with Crippen LogP contribution in [0.25, 0.3) is 0 Å². The summed E-state index contributed by atoms with van der Waals surface area (Å²) in [5, 5.41) is 0. The largest absolute Gasteiger partial charge is 0.493 e. The fourth-order valence-corrected chi connectivity index (χ4v) is 2.37. The summed E-state index contributed by atoms with van der Waals surface area (Å²) in [7, 11) is 0. The number of aryl methyl sites for hydroxylation is 1. The third kappa shape index (κ3) is 6.45. The maximum Gasteiger partial charge on any atom is 0.122 e. The summed E-state index contributed by atoms with van der Waals surface area (Å²) in [6.45, 7) is 9.71. The molecule has 0 saturated heterocycles. The molecule has 20 heavy (non-hydrogen) atoms. The van der Waals surface area contributed by atoms with Gasteiger partial charge in [0, 0.05) is 0 Å². The van der Waals surface area contributed by atoms with Gasteiger partial charge in [-0.1, -0.05) is 71.4 Å². The highest BCUT2D eigenvalue weighted by Gasteiger charge is 2.04. The summed E-state index contributed by atoms with van der Waals surface area (Å²) in [5.41, 5.74) is 2.61. The summed E-state index contributed by atoms with van der Waals surface area (Å²) < 4.78 is 5.96. The first-order valence-corrected chi connectivity index (χ1v) is 8.38. The zero-order chi connectivity index (χ0) is 14.8. The molecule has 0 radical (unpaired) electrons. The molecular weight excluding hydrogens is 244 g/mol. The minimum Gasteiger partial charge on any atom is -0.493 e. The van der Waals surface area contributed by atoms with Crippen molar-refractivity contribution in [3.8, 4) is 5.75 Å². The van der Waals surface area contributed by atoms with Gasteiger partial charge in [-0.05, 0) is 36.5 Å². The molecule has 0 amide bonds. The number of rotatable bonds is 10. The smallest absolute Gasteiger partial charge is 0.122 e. The molecule has 1 aromatic carbocycles. The molecule has 0 heterocycles. The van der Waals surface area contributed by atoms with Gasteiger partial charge in [0.25, 0.3) is 0 Å². The molecule has 114 valence electrons. The van der Waals surface area contributed by atoms with E-state index >= 15 is 0 Å². The van der Waals surface area contributed by atoms with Gasteiger partial charge in [0.05, 0.1) is 6.61 Å². The van der Waals surface area contributed by atoms with E-state index in [2.05, 4.69) is 45.9 Å². The first-order chi connectivity index (χ1) is 9.65. The quantitative estimate of drug-likeness (QED) is 0.459. The Morgan fingerprint density at radius 1 is 0.950 bits per heavy atom. The summed E-state index contributed by atoms with van der Waals surface area (Å²) in [6.07, 6.45) is 9.33. The minimum absolute atomic E-state index is 0.566. The van der Waals surface area contributed by atoms with Crippen LogP contribution in [-0.4, -0.2) is 6.61 Å². The molecule has 0 aliphatic heterocycles. The van der Waals surface area contributed by atoms with E-state index < -0.39 is 0 Å². The highest BCUT2D eigenvalue weighted by Crippen LogP contribution is 2.24. The van der Waals surface area contributed by atoms with Gasteiger partial charge in [-0.3, -0.25) is 0 Å². The lowest BCUT2D eigenvalue weighted by molar-refractivity contribution is 0.302. The zero-order valence-corrected chi connectivity index (χ0v) is 13.9. The van der Waals surface area contributed by atoms with Crippen molar-refractivity contribution in [1.29, 1.82) is 0 Å².